The Labute approximate surface area is 93.0 Å². The first-order valence-corrected chi connectivity index (χ1v) is 5.14. The third kappa shape index (κ3) is 2.33. The van der Waals surface area contributed by atoms with Crippen LogP contribution < -0.4 is 0 Å². The molecule has 0 unspecified atom stereocenters. The van der Waals surface area contributed by atoms with Crippen molar-refractivity contribution in [1.29, 1.82) is 0 Å². The highest BCUT2D eigenvalue weighted by Crippen LogP contribution is 2.05. The Balaban J connectivity index is 2.18. The van der Waals surface area contributed by atoms with Crippen molar-refractivity contribution in [3.63, 3.8) is 0 Å². The number of nitrogens with zero attached hydrogens (tertiary/aromatic N) is 4. The van der Waals surface area contributed by atoms with Gasteiger partial charge in [0.1, 0.15) is 11.0 Å². The second-order valence-corrected chi connectivity index (χ2v) is 3.54. The average molecular weight is 223 g/mol. The van der Waals surface area contributed by atoms with Crippen molar-refractivity contribution < 1.29 is 0 Å². The maximum atomic E-state index is 5.66. The van der Waals surface area contributed by atoms with Gasteiger partial charge < -0.3 is 4.57 Å². The number of rotatable bonds is 3. The lowest BCUT2D eigenvalue weighted by atomic mass is 10.4. The molecule has 5 heteroatoms. The number of hydrogen-bond acceptors (Lipinski definition) is 3. The molecule has 0 amide bonds. The van der Waals surface area contributed by atoms with Crippen molar-refractivity contribution in [3.05, 3.63) is 41.5 Å². The standard InChI is InChI=1S/C10H11ClN4/c1-2-10-12-3-4-15(10)7-8-5-14-9(11)6-13-8/h3-6H,2,7H2,1H3. The maximum Gasteiger partial charge on any atom is 0.147 e. The van der Waals surface area contributed by atoms with Crippen molar-refractivity contribution in [1.82, 2.24) is 19.5 Å². The Morgan fingerprint density at radius 1 is 1.27 bits per heavy atom. The zero-order chi connectivity index (χ0) is 10.7. The number of aryl methyl sites for hydroxylation is 1. The van der Waals surface area contributed by atoms with Gasteiger partial charge in [-0.1, -0.05) is 18.5 Å². The molecule has 0 saturated heterocycles. The minimum atomic E-state index is 0.417. The smallest absolute Gasteiger partial charge is 0.147 e. The summed E-state index contributed by atoms with van der Waals surface area (Å²) >= 11 is 5.66. The van der Waals surface area contributed by atoms with E-state index in [-0.39, 0.29) is 0 Å². The molecule has 78 valence electrons. The lowest BCUT2D eigenvalue weighted by Gasteiger charge is -2.04. The Hall–Kier alpha value is -1.42. The fraction of sp³-hybridized carbons (Fsp3) is 0.300. The van der Waals surface area contributed by atoms with Gasteiger partial charge in [0, 0.05) is 18.8 Å². The molecule has 0 fully saturated rings. The highest BCUT2D eigenvalue weighted by molar-refractivity contribution is 6.29. The van der Waals surface area contributed by atoms with Crippen LogP contribution in [0.5, 0.6) is 0 Å². The van der Waals surface area contributed by atoms with Gasteiger partial charge in [0.15, 0.2) is 0 Å². The second-order valence-electron chi connectivity index (χ2n) is 3.16. The van der Waals surface area contributed by atoms with Crippen LogP contribution in [0.3, 0.4) is 0 Å². The van der Waals surface area contributed by atoms with Crippen LogP contribution in [0.1, 0.15) is 18.4 Å². The summed E-state index contributed by atoms with van der Waals surface area (Å²) in [7, 11) is 0. The van der Waals surface area contributed by atoms with Gasteiger partial charge in [0.2, 0.25) is 0 Å². The fourth-order valence-electron chi connectivity index (χ4n) is 1.39. The van der Waals surface area contributed by atoms with Gasteiger partial charge in [-0.15, -0.1) is 0 Å². The first-order chi connectivity index (χ1) is 7.29. The molecule has 0 aromatic carbocycles. The highest BCUT2D eigenvalue weighted by atomic mass is 35.5. The van der Waals surface area contributed by atoms with E-state index in [2.05, 4.69) is 26.4 Å². The molecule has 2 aromatic heterocycles. The first kappa shape index (κ1) is 10.1. The normalized spacial score (nSPS) is 10.5. The summed E-state index contributed by atoms with van der Waals surface area (Å²) in [5, 5.41) is 0.417. The van der Waals surface area contributed by atoms with Crippen molar-refractivity contribution in [2.75, 3.05) is 0 Å². The molecule has 15 heavy (non-hydrogen) atoms. The van der Waals surface area contributed by atoms with Crippen molar-refractivity contribution in [2.24, 2.45) is 0 Å². The van der Waals surface area contributed by atoms with Gasteiger partial charge in [-0.3, -0.25) is 4.98 Å². The van der Waals surface area contributed by atoms with E-state index in [0.29, 0.717) is 11.7 Å². The summed E-state index contributed by atoms with van der Waals surface area (Å²) in [6, 6.07) is 0. The van der Waals surface area contributed by atoms with E-state index in [1.165, 1.54) is 0 Å². The summed E-state index contributed by atoms with van der Waals surface area (Å²) in [5.74, 6) is 1.05. The molecule has 0 atom stereocenters. The Kier molecular flexibility index (Phi) is 2.97. The molecular formula is C10H11ClN4. The average Bonchev–Trinajstić information content (AvgIpc) is 2.69. The summed E-state index contributed by atoms with van der Waals surface area (Å²) in [4.78, 5) is 12.4. The van der Waals surface area contributed by atoms with Crippen LogP contribution >= 0.6 is 11.6 Å². The van der Waals surface area contributed by atoms with Crippen LogP contribution in [0.15, 0.2) is 24.8 Å². The van der Waals surface area contributed by atoms with Gasteiger partial charge in [-0.25, -0.2) is 9.97 Å². The molecule has 2 heterocycles. The van der Waals surface area contributed by atoms with Crippen LogP contribution in [-0.4, -0.2) is 19.5 Å². The Morgan fingerprint density at radius 2 is 2.13 bits per heavy atom. The SMILES string of the molecule is CCc1nccn1Cc1cnc(Cl)cn1. The summed E-state index contributed by atoms with van der Waals surface area (Å²) < 4.78 is 2.05. The maximum absolute atomic E-state index is 5.66. The van der Waals surface area contributed by atoms with E-state index in [1.54, 1.807) is 18.6 Å². The first-order valence-electron chi connectivity index (χ1n) is 4.76. The molecule has 4 nitrogen and oxygen atoms in total. The van der Waals surface area contributed by atoms with E-state index in [1.807, 2.05) is 6.20 Å². The third-order valence-corrected chi connectivity index (χ3v) is 2.32. The Morgan fingerprint density at radius 3 is 2.80 bits per heavy atom. The zero-order valence-corrected chi connectivity index (χ0v) is 9.15. The predicted octanol–water partition coefficient (Wildman–Crippen LogP) is 1.94. The lowest BCUT2D eigenvalue weighted by molar-refractivity contribution is 0.713. The molecule has 0 aliphatic heterocycles. The number of aromatic nitrogens is 4. The van der Waals surface area contributed by atoms with Gasteiger partial charge in [0.25, 0.3) is 0 Å². The fourth-order valence-corrected chi connectivity index (χ4v) is 1.49. The lowest BCUT2D eigenvalue weighted by Crippen LogP contribution is -2.05. The van der Waals surface area contributed by atoms with Crippen LogP contribution in [0.4, 0.5) is 0 Å². The second kappa shape index (κ2) is 4.40. The largest absolute Gasteiger partial charge is 0.329 e. The molecule has 0 saturated carbocycles. The summed E-state index contributed by atoms with van der Waals surface area (Å²) in [5.41, 5.74) is 0.882. The van der Waals surface area contributed by atoms with Crippen LogP contribution in [0, 0.1) is 0 Å². The minimum absolute atomic E-state index is 0.417. The molecule has 0 aliphatic rings. The molecule has 0 aliphatic carbocycles. The van der Waals surface area contributed by atoms with Crippen molar-refractivity contribution in [2.45, 2.75) is 19.9 Å². The summed E-state index contributed by atoms with van der Waals surface area (Å²) in [6.07, 6.45) is 7.88. The molecule has 0 spiro atoms. The van der Waals surface area contributed by atoms with E-state index >= 15 is 0 Å². The molecular weight excluding hydrogens is 212 g/mol. The number of hydrogen-bond donors (Lipinski definition) is 0. The third-order valence-electron chi connectivity index (χ3n) is 2.12. The number of halogens is 1. The molecule has 2 aromatic rings. The van der Waals surface area contributed by atoms with Gasteiger partial charge in [-0.2, -0.15) is 0 Å². The van der Waals surface area contributed by atoms with E-state index < -0.39 is 0 Å². The molecule has 0 bridgehead atoms. The van der Waals surface area contributed by atoms with Crippen LogP contribution in [0.2, 0.25) is 5.15 Å². The highest BCUT2D eigenvalue weighted by Gasteiger charge is 2.02. The Bertz CT molecular complexity index is 435. The van der Waals surface area contributed by atoms with Gasteiger partial charge in [-0.05, 0) is 0 Å². The topological polar surface area (TPSA) is 43.6 Å². The minimum Gasteiger partial charge on any atom is -0.329 e. The van der Waals surface area contributed by atoms with Gasteiger partial charge in [0.05, 0.1) is 24.6 Å². The van der Waals surface area contributed by atoms with E-state index in [9.17, 15) is 0 Å². The van der Waals surface area contributed by atoms with Gasteiger partial charge >= 0.3 is 0 Å². The van der Waals surface area contributed by atoms with Crippen LogP contribution in [0.25, 0.3) is 0 Å². The molecule has 0 radical (unpaired) electrons. The summed E-state index contributed by atoms with van der Waals surface area (Å²) in [6.45, 7) is 2.76. The molecule has 2 rings (SSSR count). The molecule has 0 N–H and O–H groups in total. The quantitative estimate of drug-likeness (QED) is 0.797. The van der Waals surface area contributed by atoms with E-state index in [4.69, 9.17) is 11.6 Å². The monoisotopic (exact) mass is 222 g/mol. The van der Waals surface area contributed by atoms with Crippen LogP contribution in [-0.2, 0) is 13.0 Å². The van der Waals surface area contributed by atoms with Crippen molar-refractivity contribution in [3.8, 4) is 0 Å². The van der Waals surface area contributed by atoms with E-state index in [0.717, 1.165) is 17.9 Å². The predicted molar refractivity (Wildman–Crippen MR) is 57.7 cm³/mol. The zero-order valence-electron chi connectivity index (χ0n) is 8.39. The van der Waals surface area contributed by atoms with Crippen molar-refractivity contribution >= 4 is 11.6 Å². The number of imidazole rings is 1.